The third-order valence-electron chi connectivity index (χ3n) is 9.64. The lowest BCUT2D eigenvalue weighted by Crippen LogP contribution is -2.40. The lowest BCUT2D eigenvalue weighted by atomic mass is 9.75. The van der Waals surface area contributed by atoms with Gasteiger partial charge in [-0.3, -0.25) is 4.79 Å². The van der Waals surface area contributed by atoms with Crippen LogP contribution in [0.1, 0.15) is 73.0 Å². The second-order valence-corrected chi connectivity index (χ2v) is 11.9. The first-order chi connectivity index (χ1) is 18.8. The fourth-order valence-corrected chi connectivity index (χ4v) is 7.58. The van der Waals surface area contributed by atoms with Gasteiger partial charge in [-0.25, -0.2) is 0 Å². The molecule has 1 aliphatic carbocycles. The molecule has 38 heavy (non-hydrogen) atoms. The molecule has 0 radical (unpaired) electrons. The van der Waals surface area contributed by atoms with Gasteiger partial charge >= 0.3 is 0 Å². The van der Waals surface area contributed by atoms with Crippen molar-refractivity contribution >= 4 is 5.91 Å². The van der Waals surface area contributed by atoms with Crippen LogP contribution in [-0.2, 0) is 4.79 Å². The number of rotatable bonds is 6. The van der Waals surface area contributed by atoms with Gasteiger partial charge in [0, 0.05) is 31.5 Å². The summed E-state index contributed by atoms with van der Waals surface area (Å²) in [5, 5.41) is 0. The molecule has 0 spiro atoms. The van der Waals surface area contributed by atoms with E-state index in [0.717, 1.165) is 45.6 Å². The topological polar surface area (TPSA) is 23.6 Å². The zero-order chi connectivity index (χ0) is 25.7. The maximum Gasteiger partial charge on any atom is 0.226 e. The lowest BCUT2D eigenvalue weighted by molar-refractivity contribution is -0.136. The van der Waals surface area contributed by atoms with Gasteiger partial charge in [-0.1, -0.05) is 104 Å². The van der Waals surface area contributed by atoms with Crippen molar-refractivity contribution in [1.82, 2.24) is 9.80 Å². The first kappa shape index (κ1) is 25.4. The Bertz CT molecular complexity index is 1160. The number of hydrogen-bond donors (Lipinski definition) is 0. The molecule has 3 aromatic carbocycles. The van der Waals surface area contributed by atoms with Gasteiger partial charge in [0.2, 0.25) is 5.91 Å². The largest absolute Gasteiger partial charge is 0.341 e. The molecule has 3 heteroatoms. The number of carbonyl (C=O) groups is 1. The number of carbonyl (C=O) groups excluding carboxylic acids is 1. The van der Waals surface area contributed by atoms with E-state index in [1.807, 2.05) is 0 Å². The fourth-order valence-electron chi connectivity index (χ4n) is 7.58. The van der Waals surface area contributed by atoms with Crippen molar-refractivity contribution in [2.75, 3.05) is 32.7 Å². The average molecular weight is 507 g/mol. The molecule has 0 bridgehead atoms. The highest BCUT2D eigenvalue weighted by Gasteiger charge is 2.41. The van der Waals surface area contributed by atoms with Crippen LogP contribution in [0.15, 0.2) is 91.0 Å². The van der Waals surface area contributed by atoms with E-state index in [1.165, 1.54) is 42.4 Å². The minimum atomic E-state index is 0.128. The van der Waals surface area contributed by atoms with E-state index >= 15 is 0 Å². The first-order valence-corrected chi connectivity index (χ1v) is 14.9. The molecular formula is C35H42N2O. The van der Waals surface area contributed by atoms with E-state index in [9.17, 15) is 4.79 Å². The van der Waals surface area contributed by atoms with E-state index in [4.69, 9.17) is 0 Å². The molecule has 3 fully saturated rings. The van der Waals surface area contributed by atoms with Gasteiger partial charge in [0.25, 0.3) is 0 Å². The molecule has 3 aliphatic rings. The number of likely N-dealkylation sites (tertiary alicyclic amines) is 2. The summed E-state index contributed by atoms with van der Waals surface area (Å²) in [7, 11) is 0. The van der Waals surface area contributed by atoms with E-state index in [0.29, 0.717) is 29.6 Å². The molecule has 2 saturated heterocycles. The summed E-state index contributed by atoms with van der Waals surface area (Å²) in [6.07, 6.45) is 7.04. The molecule has 4 atom stereocenters. The van der Waals surface area contributed by atoms with Crippen LogP contribution in [0, 0.1) is 11.8 Å². The monoisotopic (exact) mass is 506 g/mol. The van der Waals surface area contributed by atoms with Gasteiger partial charge in [0.15, 0.2) is 0 Å². The Morgan fingerprint density at radius 1 is 0.632 bits per heavy atom. The standard InChI is InChI=1S/C35H42N2O/c38-35(33-19-11-10-18-32(33)29-14-6-2-7-15-29)37-25-31(34(26-37)30-16-8-3-9-17-30)24-36-22-20-28(21-23-36)27-12-4-1-5-13-27/h1-9,12-17,28,31-34H,10-11,18-26H2/t31?,32-,33+,34?/m0/s1. The predicted octanol–water partition coefficient (Wildman–Crippen LogP) is 7.08. The summed E-state index contributed by atoms with van der Waals surface area (Å²) in [5.41, 5.74) is 4.24. The summed E-state index contributed by atoms with van der Waals surface area (Å²) >= 11 is 0. The third kappa shape index (κ3) is 5.59. The summed E-state index contributed by atoms with van der Waals surface area (Å²) in [6.45, 7) is 5.17. The van der Waals surface area contributed by atoms with Gasteiger partial charge in [0.1, 0.15) is 0 Å². The summed E-state index contributed by atoms with van der Waals surface area (Å²) in [4.78, 5) is 19.0. The van der Waals surface area contributed by atoms with Gasteiger partial charge in [-0.05, 0) is 73.2 Å². The number of benzene rings is 3. The predicted molar refractivity (Wildman–Crippen MR) is 155 cm³/mol. The molecule has 0 aromatic heterocycles. The van der Waals surface area contributed by atoms with Crippen LogP contribution in [0.3, 0.4) is 0 Å². The molecular weight excluding hydrogens is 464 g/mol. The number of hydrogen-bond acceptors (Lipinski definition) is 2. The Morgan fingerprint density at radius 2 is 1.18 bits per heavy atom. The molecule has 1 amide bonds. The summed E-state index contributed by atoms with van der Waals surface area (Å²) < 4.78 is 0. The Hall–Kier alpha value is -2.91. The van der Waals surface area contributed by atoms with Crippen LogP contribution < -0.4 is 0 Å². The van der Waals surface area contributed by atoms with Crippen LogP contribution in [0.5, 0.6) is 0 Å². The number of nitrogens with zero attached hydrogens (tertiary/aromatic N) is 2. The highest BCUT2D eigenvalue weighted by Crippen LogP contribution is 2.41. The maximum atomic E-state index is 14.1. The molecule has 2 unspecified atom stereocenters. The van der Waals surface area contributed by atoms with Crippen LogP contribution >= 0.6 is 0 Å². The van der Waals surface area contributed by atoms with E-state index in [-0.39, 0.29) is 5.92 Å². The average Bonchev–Trinajstić information content (AvgIpc) is 3.42. The zero-order valence-electron chi connectivity index (χ0n) is 22.6. The maximum absolute atomic E-state index is 14.1. The highest BCUT2D eigenvalue weighted by atomic mass is 16.2. The third-order valence-corrected chi connectivity index (χ3v) is 9.64. The summed E-state index contributed by atoms with van der Waals surface area (Å²) in [6, 6.07) is 32.8. The van der Waals surface area contributed by atoms with Crippen LogP contribution in [0.4, 0.5) is 0 Å². The second-order valence-electron chi connectivity index (χ2n) is 11.9. The fraction of sp³-hybridized carbons (Fsp3) is 0.457. The highest BCUT2D eigenvalue weighted by molar-refractivity contribution is 5.80. The number of piperidine rings is 1. The van der Waals surface area contributed by atoms with Gasteiger partial charge in [-0.15, -0.1) is 0 Å². The van der Waals surface area contributed by atoms with E-state index < -0.39 is 0 Å². The lowest BCUT2D eigenvalue weighted by Gasteiger charge is -2.35. The van der Waals surface area contributed by atoms with Crippen molar-refractivity contribution in [3.05, 3.63) is 108 Å². The van der Waals surface area contributed by atoms with Crippen LogP contribution in [0.2, 0.25) is 0 Å². The normalized spacial score (nSPS) is 26.9. The Kier molecular flexibility index (Phi) is 7.92. The molecule has 6 rings (SSSR count). The van der Waals surface area contributed by atoms with Crippen molar-refractivity contribution < 1.29 is 4.79 Å². The zero-order valence-corrected chi connectivity index (χ0v) is 22.6. The first-order valence-electron chi connectivity index (χ1n) is 14.9. The Balaban J connectivity index is 1.15. The van der Waals surface area contributed by atoms with Crippen molar-refractivity contribution in [2.24, 2.45) is 11.8 Å². The van der Waals surface area contributed by atoms with Crippen molar-refractivity contribution in [1.29, 1.82) is 0 Å². The van der Waals surface area contributed by atoms with Crippen LogP contribution in [0.25, 0.3) is 0 Å². The molecule has 0 N–H and O–H groups in total. The molecule has 3 nitrogen and oxygen atoms in total. The SMILES string of the molecule is O=C([C@@H]1CCCC[C@H]1c1ccccc1)N1CC(CN2CCC(c3ccccc3)CC2)C(c2ccccc2)C1. The van der Waals surface area contributed by atoms with Crippen LogP contribution in [-0.4, -0.2) is 48.4 Å². The Labute approximate surface area is 228 Å². The smallest absolute Gasteiger partial charge is 0.226 e. The Morgan fingerprint density at radius 3 is 1.82 bits per heavy atom. The van der Waals surface area contributed by atoms with Crippen molar-refractivity contribution in [3.63, 3.8) is 0 Å². The minimum Gasteiger partial charge on any atom is -0.341 e. The molecule has 2 heterocycles. The molecule has 2 aliphatic heterocycles. The minimum absolute atomic E-state index is 0.128. The molecule has 1 saturated carbocycles. The molecule has 198 valence electrons. The van der Waals surface area contributed by atoms with Gasteiger partial charge < -0.3 is 9.80 Å². The van der Waals surface area contributed by atoms with Gasteiger partial charge in [-0.2, -0.15) is 0 Å². The molecule has 3 aromatic rings. The van der Waals surface area contributed by atoms with Crippen molar-refractivity contribution in [2.45, 2.75) is 56.3 Å². The quantitative estimate of drug-likeness (QED) is 0.357. The van der Waals surface area contributed by atoms with E-state index in [1.54, 1.807) is 0 Å². The van der Waals surface area contributed by atoms with Crippen molar-refractivity contribution in [3.8, 4) is 0 Å². The van der Waals surface area contributed by atoms with E-state index in [2.05, 4.69) is 101 Å². The number of amides is 1. The van der Waals surface area contributed by atoms with Gasteiger partial charge in [0.05, 0.1) is 0 Å². The summed E-state index contributed by atoms with van der Waals surface area (Å²) in [5.74, 6) is 2.50. The second kappa shape index (κ2) is 11.9.